The smallest absolute Gasteiger partial charge is 0.0547 e. The summed E-state index contributed by atoms with van der Waals surface area (Å²) in [5, 5.41) is 4.93. The van der Waals surface area contributed by atoms with Gasteiger partial charge >= 0.3 is 0 Å². The zero-order valence-corrected chi connectivity index (χ0v) is 34.0. The minimum Gasteiger partial charge on any atom is -0.309 e. The van der Waals surface area contributed by atoms with Crippen LogP contribution in [0.3, 0.4) is 0 Å². The second kappa shape index (κ2) is 14.8. The fraction of sp³-hybridized carbons (Fsp3) is 0. The number of fused-ring (bicyclic) bond motifs is 6. The molecule has 0 unspecified atom stereocenters. The summed E-state index contributed by atoms with van der Waals surface area (Å²) >= 11 is 0. The van der Waals surface area contributed by atoms with Crippen LogP contribution in [-0.2, 0) is 0 Å². The molecule has 12 aromatic rings. The van der Waals surface area contributed by atoms with Crippen LogP contribution in [0.25, 0.3) is 111 Å². The third-order valence-corrected chi connectivity index (χ3v) is 12.5. The molecule has 0 atom stereocenters. The van der Waals surface area contributed by atoms with Crippen LogP contribution in [-0.4, -0.2) is 9.13 Å². The van der Waals surface area contributed by atoms with Gasteiger partial charge in [-0.05, 0) is 116 Å². The van der Waals surface area contributed by atoms with Crippen LogP contribution < -0.4 is 0 Å². The summed E-state index contributed by atoms with van der Waals surface area (Å²) in [7, 11) is 0. The van der Waals surface area contributed by atoms with E-state index in [0.29, 0.717) is 0 Å². The first-order valence-electron chi connectivity index (χ1n) is 21.3. The molecule has 0 saturated heterocycles. The van der Waals surface area contributed by atoms with Gasteiger partial charge in [0.05, 0.1) is 22.1 Å². The third-order valence-electron chi connectivity index (χ3n) is 12.5. The number of hydrogen-bond acceptors (Lipinski definition) is 0. The quantitative estimate of drug-likeness (QED) is 0.152. The number of nitrogens with zero attached hydrogens (tertiary/aromatic N) is 2. The molecular weight excluding hydrogens is 749 g/mol. The van der Waals surface area contributed by atoms with E-state index in [9.17, 15) is 0 Å². The van der Waals surface area contributed by atoms with Crippen LogP contribution in [0, 0.1) is 0 Å². The number of hydrogen-bond donors (Lipinski definition) is 0. The first kappa shape index (κ1) is 35.7. The van der Waals surface area contributed by atoms with Crippen molar-refractivity contribution in [3.63, 3.8) is 0 Å². The number of rotatable bonds is 7. The van der Waals surface area contributed by atoms with E-state index in [4.69, 9.17) is 0 Å². The Morgan fingerprint density at radius 1 is 0.210 bits per heavy atom. The van der Waals surface area contributed by atoms with Crippen LogP contribution in [0.5, 0.6) is 0 Å². The summed E-state index contributed by atoms with van der Waals surface area (Å²) in [5.41, 5.74) is 19.0. The molecule has 0 radical (unpaired) electrons. The van der Waals surface area contributed by atoms with Crippen molar-refractivity contribution < 1.29 is 0 Å². The van der Waals surface area contributed by atoms with E-state index in [1.807, 2.05) is 0 Å². The molecule has 2 nitrogen and oxygen atoms in total. The summed E-state index contributed by atoms with van der Waals surface area (Å²) in [6.45, 7) is 0. The van der Waals surface area contributed by atoms with E-state index in [2.05, 4.69) is 252 Å². The Bertz CT molecular complexity index is 3360. The first-order chi connectivity index (χ1) is 30.8. The average molecular weight is 789 g/mol. The molecule has 0 bridgehead atoms. The van der Waals surface area contributed by atoms with Crippen LogP contribution in [0.4, 0.5) is 0 Å². The fourth-order valence-corrected chi connectivity index (χ4v) is 9.68. The molecule has 0 aliphatic rings. The Morgan fingerprint density at radius 2 is 0.532 bits per heavy atom. The lowest BCUT2D eigenvalue weighted by Crippen LogP contribution is -1.95. The van der Waals surface area contributed by atoms with E-state index < -0.39 is 0 Å². The van der Waals surface area contributed by atoms with E-state index in [1.165, 1.54) is 99.2 Å². The molecule has 0 aliphatic heterocycles. The molecule has 0 amide bonds. The van der Waals surface area contributed by atoms with Crippen molar-refractivity contribution in [3.05, 3.63) is 243 Å². The second-order valence-electron chi connectivity index (χ2n) is 16.1. The van der Waals surface area contributed by atoms with Gasteiger partial charge in [0, 0.05) is 32.9 Å². The van der Waals surface area contributed by atoms with Gasteiger partial charge in [0.2, 0.25) is 0 Å². The van der Waals surface area contributed by atoms with E-state index in [0.717, 1.165) is 11.4 Å². The number of benzene rings is 10. The Balaban J connectivity index is 1.16. The molecule has 0 saturated carbocycles. The fourth-order valence-electron chi connectivity index (χ4n) is 9.68. The lowest BCUT2D eigenvalue weighted by molar-refractivity contribution is 1.18. The molecule has 10 aromatic carbocycles. The maximum atomic E-state index is 2.46. The van der Waals surface area contributed by atoms with E-state index in [1.54, 1.807) is 0 Å². The summed E-state index contributed by atoms with van der Waals surface area (Å²) in [6.07, 6.45) is 0. The molecule has 0 spiro atoms. The van der Waals surface area contributed by atoms with Gasteiger partial charge in [-0.2, -0.15) is 0 Å². The predicted octanol–water partition coefficient (Wildman–Crippen LogP) is 16.2. The Kier molecular flexibility index (Phi) is 8.53. The standard InChI is InChI=1S/C60H40N2/c1-5-17-41(18-6-1)45-25-13-27-49(37-45)61-55-35-33-47(43-21-9-3-10-22-43)39-53(55)59-51(29-15-31-57(59)61)52-30-16-32-58-60(52)54-40-48(44-23-11-4-12-24-44)34-36-56(54)62(58)50-28-14-26-46(38-50)42-19-7-2-8-20-42/h1-40H. The summed E-state index contributed by atoms with van der Waals surface area (Å²) in [4.78, 5) is 0. The van der Waals surface area contributed by atoms with Gasteiger partial charge in [-0.3, -0.25) is 0 Å². The Hall–Kier alpha value is -8.20. The zero-order chi connectivity index (χ0) is 41.0. The van der Waals surface area contributed by atoms with Crippen molar-refractivity contribution in [2.24, 2.45) is 0 Å². The summed E-state index contributed by atoms with van der Waals surface area (Å²) < 4.78 is 4.92. The van der Waals surface area contributed by atoms with E-state index in [-0.39, 0.29) is 0 Å². The van der Waals surface area contributed by atoms with Crippen molar-refractivity contribution in [3.8, 4) is 67.0 Å². The molecular formula is C60H40N2. The molecule has 290 valence electrons. The highest BCUT2D eigenvalue weighted by Gasteiger charge is 2.22. The van der Waals surface area contributed by atoms with Crippen molar-refractivity contribution in [1.29, 1.82) is 0 Å². The third kappa shape index (κ3) is 5.96. The monoisotopic (exact) mass is 788 g/mol. The highest BCUT2D eigenvalue weighted by molar-refractivity contribution is 6.23. The molecule has 0 aliphatic carbocycles. The Morgan fingerprint density at radius 3 is 0.903 bits per heavy atom. The van der Waals surface area contributed by atoms with Crippen LogP contribution in [0.15, 0.2) is 243 Å². The highest BCUT2D eigenvalue weighted by atomic mass is 15.0. The number of aromatic nitrogens is 2. The SMILES string of the molecule is c1ccc(-c2cccc(-n3c4ccc(-c5ccccc5)cc4c4c(-c5cccc6c5c5cc(-c7ccccc7)ccc5n6-c5cccc(-c6ccccc6)c5)cccc43)c2)cc1. The predicted molar refractivity (Wildman–Crippen MR) is 262 cm³/mol. The van der Waals surface area contributed by atoms with Gasteiger partial charge in [-0.15, -0.1) is 0 Å². The maximum Gasteiger partial charge on any atom is 0.0547 e. The zero-order valence-electron chi connectivity index (χ0n) is 34.0. The first-order valence-corrected chi connectivity index (χ1v) is 21.3. The molecule has 0 fully saturated rings. The minimum atomic E-state index is 1.14. The van der Waals surface area contributed by atoms with E-state index >= 15 is 0 Å². The minimum absolute atomic E-state index is 1.14. The Labute approximate surface area is 360 Å². The van der Waals surface area contributed by atoms with Gasteiger partial charge in [-0.1, -0.05) is 182 Å². The van der Waals surface area contributed by atoms with Crippen LogP contribution in [0.2, 0.25) is 0 Å². The molecule has 2 heteroatoms. The van der Waals surface area contributed by atoms with Gasteiger partial charge < -0.3 is 9.13 Å². The van der Waals surface area contributed by atoms with Crippen molar-refractivity contribution >= 4 is 43.6 Å². The molecule has 12 rings (SSSR count). The van der Waals surface area contributed by atoms with Crippen molar-refractivity contribution in [2.45, 2.75) is 0 Å². The van der Waals surface area contributed by atoms with Crippen LogP contribution in [0.1, 0.15) is 0 Å². The van der Waals surface area contributed by atoms with Gasteiger partial charge in [0.15, 0.2) is 0 Å². The van der Waals surface area contributed by atoms with Gasteiger partial charge in [0.25, 0.3) is 0 Å². The summed E-state index contributed by atoms with van der Waals surface area (Å²) in [5.74, 6) is 0. The lowest BCUT2D eigenvalue weighted by atomic mass is 9.94. The van der Waals surface area contributed by atoms with Crippen LogP contribution >= 0.6 is 0 Å². The molecule has 0 N–H and O–H groups in total. The lowest BCUT2D eigenvalue weighted by Gasteiger charge is -2.12. The highest BCUT2D eigenvalue weighted by Crippen LogP contribution is 2.45. The van der Waals surface area contributed by atoms with Crippen molar-refractivity contribution in [2.75, 3.05) is 0 Å². The molecule has 2 heterocycles. The molecule has 2 aromatic heterocycles. The molecule has 62 heavy (non-hydrogen) atoms. The maximum absolute atomic E-state index is 2.46. The normalized spacial score (nSPS) is 11.5. The second-order valence-corrected chi connectivity index (χ2v) is 16.1. The largest absolute Gasteiger partial charge is 0.309 e. The van der Waals surface area contributed by atoms with Gasteiger partial charge in [-0.25, -0.2) is 0 Å². The van der Waals surface area contributed by atoms with Crippen molar-refractivity contribution in [1.82, 2.24) is 9.13 Å². The topological polar surface area (TPSA) is 9.86 Å². The van der Waals surface area contributed by atoms with Gasteiger partial charge in [0.1, 0.15) is 0 Å². The average Bonchev–Trinajstić information content (AvgIpc) is 3.88. The summed E-state index contributed by atoms with van der Waals surface area (Å²) in [6, 6.07) is 88.5.